The third-order valence-electron chi connectivity index (χ3n) is 1.36. The number of carboxylic acids is 1. The van der Waals surface area contributed by atoms with Crippen molar-refractivity contribution in [3.8, 4) is 0 Å². The summed E-state index contributed by atoms with van der Waals surface area (Å²) in [4.78, 5) is 18.0. The van der Waals surface area contributed by atoms with E-state index in [1.54, 1.807) is 12.4 Å². The van der Waals surface area contributed by atoms with Crippen molar-refractivity contribution in [1.82, 2.24) is 0 Å². The number of aliphatic imine (C=N–C) groups is 2. The Bertz CT molecular complexity index is 200. The number of nitrogens with two attached hydrogens (primary N) is 1. The lowest BCUT2D eigenvalue weighted by Crippen LogP contribution is -2.32. The molecule has 0 radical (unpaired) electrons. The van der Waals surface area contributed by atoms with Crippen LogP contribution in [-0.2, 0) is 4.79 Å². The molecule has 1 rings (SSSR count). The van der Waals surface area contributed by atoms with Crippen molar-refractivity contribution >= 4 is 18.4 Å². The van der Waals surface area contributed by atoms with E-state index in [0.717, 1.165) is 0 Å². The molecule has 0 bridgehead atoms. The third-order valence-corrected chi connectivity index (χ3v) is 1.36. The van der Waals surface area contributed by atoms with Gasteiger partial charge in [0.15, 0.2) is 0 Å². The molecular formula is C6H9N3O2. The summed E-state index contributed by atoms with van der Waals surface area (Å²) in [6.07, 6.45) is 3.06. The summed E-state index contributed by atoms with van der Waals surface area (Å²) < 4.78 is 0. The smallest absolute Gasteiger partial charge is 0.320 e. The molecule has 0 amide bonds. The van der Waals surface area contributed by atoms with Gasteiger partial charge < -0.3 is 10.8 Å². The molecule has 0 saturated heterocycles. The first kappa shape index (κ1) is 7.87. The van der Waals surface area contributed by atoms with Gasteiger partial charge in [-0.15, -0.1) is 0 Å². The summed E-state index contributed by atoms with van der Waals surface area (Å²) in [7, 11) is 0. The molecule has 1 heterocycles. The summed E-state index contributed by atoms with van der Waals surface area (Å²) in [5.74, 6) is -1.01. The van der Waals surface area contributed by atoms with Crippen LogP contribution in [0.15, 0.2) is 9.98 Å². The molecule has 1 atom stereocenters. The number of nitrogens with zero attached hydrogens (tertiary/aromatic N) is 2. The molecule has 0 aromatic rings. The van der Waals surface area contributed by atoms with Crippen LogP contribution in [0.3, 0.4) is 0 Å². The Morgan fingerprint density at radius 3 is 2.64 bits per heavy atom. The number of hydrogen-bond donors (Lipinski definition) is 2. The Labute approximate surface area is 63.6 Å². The van der Waals surface area contributed by atoms with Crippen molar-refractivity contribution in [1.29, 1.82) is 0 Å². The van der Waals surface area contributed by atoms with Crippen molar-refractivity contribution < 1.29 is 9.90 Å². The molecule has 0 aromatic heterocycles. The molecule has 0 fully saturated rings. The van der Waals surface area contributed by atoms with E-state index in [0.29, 0.717) is 0 Å². The van der Waals surface area contributed by atoms with Crippen LogP contribution in [0.5, 0.6) is 0 Å². The predicted molar refractivity (Wildman–Crippen MR) is 41.0 cm³/mol. The van der Waals surface area contributed by atoms with Gasteiger partial charge in [0.25, 0.3) is 0 Å². The van der Waals surface area contributed by atoms with E-state index in [-0.39, 0.29) is 12.6 Å². The topological polar surface area (TPSA) is 88.0 Å². The van der Waals surface area contributed by atoms with Crippen molar-refractivity contribution in [3.63, 3.8) is 0 Å². The Kier molecular flexibility index (Phi) is 2.32. The number of rotatable bonds is 3. The van der Waals surface area contributed by atoms with Crippen molar-refractivity contribution in [2.75, 3.05) is 0 Å². The van der Waals surface area contributed by atoms with Crippen molar-refractivity contribution in [3.05, 3.63) is 0 Å². The van der Waals surface area contributed by atoms with E-state index in [4.69, 9.17) is 10.8 Å². The second-order valence-electron chi connectivity index (χ2n) is 2.26. The van der Waals surface area contributed by atoms with E-state index in [9.17, 15) is 4.79 Å². The Hall–Kier alpha value is -1.23. The fourth-order valence-electron chi connectivity index (χ4n) is 0.764. The van der Waals surface area contributed by atoms with Gasteiger partial charge in [-0.2, -0.15) is 0 Å². The van der Waals surface area contributed by atoms with Gasteiger partial charge in [0.1, 0.15) is 12.2 Å². The van der Waals surface area contributed by atoms with Crippen LogP contribution in [0.2, 0.25) is 0 Å². The predicted octanol–water partition coefficient (Wildman–Crippen LogP) is -0.730. The third kappa shape index (κ3) is 2.12. The highest BCUT2D eigenvalue weighted by Gasteiger charge is 2.17. The van der Waals surface area contributed by atoms with Gasteiger partial charge in [-0.25, -0.2) is 0 Å². The Morgan fingerprint density at radius 1 is 1.64 bits per heavy atom. The fraction of sp³-hybridized carbons (Fsp3) is 0.500. The van der Waals surface area contributed by atoms with E-state index < -0.39 is 12.0 Å². The normalized spacial score (nSPS) is 19.0. The highest BCUT2D eigenvalue weighted by atomic mass is 16.4. The minimum absolute atomic E-state index is 0.266. The van der Waals surface area contributed by atoms with Crippen LogP contribution in [0, 0.1) is 0 Å². The largest absolute Gasteiger partial charge is 0.480 e. The maximum absolute atomic E-state index is 10.3. The Balaban J connectivity index is 2.36. The van der Waals surface area contributed by atoms with Crippen LogP contribution < -0.4 is 5.73 Å². The van der Waals surface area contributed by atoms with Crippen molar-refractivity contribution in [2.24, 2.45) is 15.7 Å². The summed E-state index contributed by atoms with van der Waals surface area (Å²) in [5.41, 5.74) is 5.25. The number of hydrogen-bond acceptors (Lipinski definition) is 4. The summed E-state index contributed by atoms with van der Waals surface area (Å²) in [5, 5.41) is 8.41. The molecular weight excluding hydrogens is 146 g/mol. The molecule has 5 heteroatoms. The van der Waals surface area contributed by atoms with Gasteiger partial charge in [-0.3, -0.25) is 14.8 Å². The highest BCUT2D eigenvalue weighted by molar-refractivity contribution is 6.17. The van der Waals surface area contributed by atoms with Crippen LogP contribution in [0.25, 0.3) is 0 Å². The molecule has 5 nitrogen and oxygen atoms in total. The highest BCUT2D eigenvalue weighted by Crippen LogP contribution is 2.04. The molecule has 3 N–H and O–H groups in total. The maximum Gasteiger partial charge on any atom is 0.320 e. The average molecular weight is 155 g/mol. The van der Waals surface area contributed by atoms with E-state index in [2.05, 4.69) is 9.98 Å². The van der Waals surface area contributed by atoms with Gasteiger partial charge in [0.2, 0.25) is 0 Å². The van der Waals surface area contributed by atoms with E-state index >= 15 is 0 Å². The zero-order chi connectivity index (χ0) is 8.27. The maximum atomic E-state index is 10.3. The molecule has 1 unspecified atom stereocenters. The SMILES string of the molecule is NC(CC1N=CC=N1)C(=O)O. The molecule has 0 aromatic carbocycles. The number of carbonyl (C=O) groups is 1. The molecule has 1 aliphatic heterocycles. The van der Waals surface area contributed by atoms with E-state index in [1.165, 1.54) is 0 Å². The second-order valence-corrected chi connectivity index (χ2v) is 2.26. The lowest BCUT2D eigenvalue weighted by atomic mass is 10.2. The number of carboxylic acid groups (broad SMARTS) is 1. The molecule has 0 saturated carbocycles. The Morgan fingerprint density at radius 2 is 2.18 bits per heavy atom. The summed E-state index contributed by atoms with van der Waals surface area (Å²) in [6, 6.07) is -0.868. The van der Waals surface area contributed by atoms with Gasteiger partial charge >= 0.3 is 5.97 Å². The first-order valence-electron chi connectivity index (χ1n) is 3.23. The molecule has 0 aliphatic carbocycles. The van der Waals surface area contributed by atoms with Crippen LogP contribution in [0.1, 0.15) is 6.42 Å². The van der Waals surface area contributed by atoms with Gasteiger partial charge in [0.05, 0.1) is 0 Å². The first-order chi connectivity index (χ1) is 5.20. The van der Waals surface area contributed by atoms with Crippen LogP contribution >= 0.6 is 0 Å². The summed E-state index contributed by atoms with van der Waals surface area (Å²) >= 11 is 0. The zero-order valence-electron chi connectivity index (χ0n) is 5.84. The van der Waals surface area contributed by atoms with Gasteiger partial charge in [-0.1, -0.05) is 0 Å². The minimum Gasteiger partial charge on any atom is -0.480 e. The van der Waals surface area contributed by atoms with E-state index in [1.807, 2.05) is 0 Å². The molecule has 60 valence electrons. The van der Waals surface area contributed by atoms with Crippen LogP contribution in [-0.4, -0.2) is 35.7 Å². The average Bonchev–Trinajstić information content (AvgIpc) is 2.39. The summed E-state index contributed by atoms with van der Waals surface area (Å²) in [6.45, 7) is 0. The number of aliphatic carboxylic acids is 1. The molecule has 0 spiro atoms. The standard InChI is InChI=1S/C6H9N3O2/c7-4(6(10)11)3-5-8-1-2-9-5/h1-2,4-5H,3,7H2,(H,10,11). The quantitative estimate of drug-likeness (QED) is 0.563. The van der Waals surface area contributed by atoms with Gasteiger partial charge in [0, 0.05) is 18.9 Å². The fourth-order valence-corrected chi connectivity index (χ4v) is 0.764. The van der Waals surface area contributed by atoms with Gasteiger partial charge in [-0.05, 0) is 0 Å². The van der Waals surface area contributed by atoms with Crippen molar-refractivity contribution in [2.45, 2.75) is 18.6 Å². The second kappa shape index (κ2) is 3.25. The molecule has 1 aliphatic rings. The molecule has 11 heavy (non-hydrogen) atoms. The van der Waals surface area contributed by atoms with Crippen LogP contribution in [0.4, 0.5) is 0 Å². The lowest BCUT2D eigenvalue weighted by molar-refractivity contribution is -0.138. The zero-order valence-corrected chi connectivity index (χ0v) is 5.84. The first-order valence-corrected chi connectivity index (χ1v) is 3.23. The monoisotopic (exact) mass is 155 g/mol. The minimum atomic E-state index is -1.01. The lowest BCUT2D eigenvalue weighted by Gasteiger charge is -2.07.